The second kappa shape index (κ2) is 12.4. The van der Waals surface area contributed by atoms with Crippen molar-refractivity contribution in [2.75, 3.05) is 37.5 Å². The van der Waals surface area contributed by atoms with Crippen LogP contribution in [-0.4, -0.2) is 59.7 Å². The third-order valence-corrected chi connectivity index (χ3v) is 5.88. The molecule has 1 aromatic rings. The zero-order chi connectivity index (χ0) is 25.3. The number of methoxy groups -OCH3 is 1. The molecule has 1 aliphatic carbocycles. The first-order valence-corrected chi connectivity index (χ1v) is 11.5. The van der Waals surface area contributed by atoms with Crippen LogP contribution in [0.5, 0.6) is 0 Å². The Morgan fingerprint density at radius 3 is 2.47 bits per heavy atom. The van der Waals surface area contributed by atoms with Crippen LogP contribution in [0.25, 0.3) is 0 Å². The number of H-pyrrole nitrogens is 1. The fraction of sp³-hybridized carbons (Fsp3) is 0.682. The Balaban J connectivity index is 2.29. The minimum Gasteiger partial charge on any atom is -0.454 e. The van der Waals surface area contributed by atoms with Gasteiger partial charge >= 0.3 is 11.7 Å². The van der Waals surface area contributed by atoms with E-state index in [4.69, 9.17) is 15.2 Å². The number of unbranched alkanes of at least 4 members (excludes halogenated alkanes) is 1. The van der Waals surface area contributed by atoms with Gasteiger partial charge in [0.15, 0.2) is 12.3 Å². The molecule has 1 fully saturated rings. The number of hydrogen-bond donors (Lipinski definition) is 3. The van der Waals surface area contributed by atoms with Crippen molar-refractivity contribution >= 4 is 29.3 Å². The lowest BCUT2D eigenvalue weighted by Gasteiger charge is -2.35. The van der Waals surface area contributed by atoms with Crippen molar-refractivity contribution in [3.05, 3.63) is 20.8 Å². The van der Waals surface area contributed by atoms with E-state index in [2.05, 4.69) is 10.3 Å². The fourth-order valence-corrected chi connectivity index (χ4v) is 4.14. The highest BCUT2D eigenvalue weighted by molar-refractivity contribution is 5.98. The summed E-state index contributed by atoms with van der Waals surface area (Å²) in [7, 11) is 1.43. The first kappa shape index (κ1) is 27.1. The molecule has 0 atom stereocenters. The molecule has 12 heteroatoms. The molecule has 1 saturated carbocycles. The Bertz CT molecular complexity index is 994. The number of hydrogen-bond acceptors (Lipinski definition) is 8. The number of anilines is 2. The van der Waals surface area contributed by atoms with Crippen LogP contribution in [0, 0.1) is 0 Å². The monoisotopic (exact) mass is 481 g/mol. The molecule has 1 aromatic heterocycles. The summed E-state index contributed by atoms with van der Waals surface area (Å²) >= 11 is 0. The van der Waals surface area contributed by atoms with Crippen molar-refractivity contribution < 1.29 is 23.9 Å². The van der Waals surface area contributed by atoms with Crippen LogP contribution < -0.4 is 27.2 Å². The number of nitrogens with zero attached hydrogens (tertiary/aromatic N) is 2. The molecule has 0 unspecified atom stereocenters. The highest BCUT2D eigenvalue weighted by atomic mass is 16.5. The smallest absolute Gasteiger partial charge is 0.332 e. The van der Waals surface area contributed by atoms with E-state index >= 15 is 0 Å². The number of nitrogens with one attached hydrogen (secondary N) is 2. The number of aromatic amines is 1. The van der Waals surface area contributed by atoms with Crippen molar-refractivity contribution in [3.8, 4) is 0 Å². The van der Waals surface area contributed by atoms with E-state index in [0.29, 0.717) is 19.3 Å². The van der Waals surface area contributed by atoms with Crippen LogP contribution in [0.1, 0.15) is 58.8 Å². The molecule has 0 radical (unpaired) electrons. The van der Waals surface area contributed by atoms with Gasteiger partial charge in [0.2, 0.25) is 5.91 Å². The summed E-state index contributed by atoms with van der Waals surface area (Å²) in [6.07, 6.45) is 4.70. The maximum atomic E-state index is 13.1. The average molecular weight is 482 g/mol. The summed E-state index contributed by atoms with van der Waals surface area (Å²) in [5.41, 5.74) is 3.26. The van der Waals surface area contributed by atoms with Crippen molar-refractivity contribution in [2.24, 2.45) is 0 Å². The van der Waals surface area contributed by atoms with E-state index < -0.39 is 35.3 Å². The Kier molecular flexibility index (Phi) is 9.84. The van der Waals surface area contributed by atoms with Crippen molar-refractivity contribution in [1.82, 2.24) is 14.9 Å². The summed E-state index contributed by atoms with van der Waals surface area (Å²) in [6.45, 7) is 2.88. The number of carbonyl (C=O) groups is 3. The topological polar surface area (TPSA) is 166 Å². The number of carbonyl (C=O) groups excluding carboxylic acids is 3. The molecule has 1 heterocycles. The molecule has 190 valence electrons. The van der Waals surface area contributed by atoms with E-state index in [-0.39, 0.29) is 37.1 Å². The standard InChI is InChI=1S/C22H35N5O7/c1-4-5-11-27-18(23)17(19(30)24-21(27)32)26(12-13-33-3)16(29)14-34-20(31)22(25-15(2)28)9-7-6-8-10-22/h4-14,23H2,1-3H3,(H,25,28)(H,24,30,32). The predicted octanol–water partition coefficient (Wildman–Crippen LogP) is 0.281. The van der Waals surface area contributed by atoms with Gasteiger partial charge in [-0.05, 0) is 19.3 Å². The second-order valence-electron chi connectivity index (χ2n) is 8.44. The molecule has 0 aliphatic heterocycles. The van der Waals surface area contributed by atoms with Crippen LogP contribution >= 0.6 is 0 Å². The SMILES string of the molecule is CCCCn1c(N)c(N(CCOC)C(=O)COC(=O)C2(NC(C)=O)CCCCC2)c(=O)[nH]c1=O. The molecule has 12 nitrogen and oxygen atoms in total. The van der Waals surface area contributed by atoms with Gasteiger partial charge in [0.25, 0.3) is 11.5 Å². The maximum absolute atomic E-state index is 13.1. The normalized spacial score (nSPS) is 14.9. The van der Waals surface area contributed by atoms with Gasteiger partial charge in [0, 0.05) is 27.1 Å². The Morgan fingerprint density at radius 1 is 1.21 bits per heavy atom. The molecule has 4 N–H and O–H groups in total. The molecular weight excluding hydrogens is 446 g/mol. The van der Waals surface area contributed by atoms with E-state index in [1.54, 1.807) is 0 Å². The third kappa shape index (κ3) is 6.46. The second-order valence-corrected chi connectivity index (χ2v) is 8.44. The summed E-state index contributed by atoms with van der Waals surface area (Å²) in [5.74, 6) is -1.92. The van der Waals surface area contributed by atoms with Crippen molar-refractivity contribution in [3.63, 3.8) is 0 Å². The maximum Gasteiger partial charge on any atom is 0.332 e. The molecule has 2 amide bonds. The summed E-state index contributed by atoms with van der Waals surface area (Å²) in [6, 6.07) is 0. The van der Waals surface area contributed by atoms with Crippen molar-refractivity contribution in [2.45, 2.75) is 70.9 Å². The van der Waals surface area contributed by atoms with E-state index in [9.17, 15) is 24.0 Å². The van der Waals surface area contributed by atoms with Gasteiger partial charge in [-0.1, -0.05) is 32.6 Å². The number of nitrogen functional groups attached to an aromatic ring is 1. The quantitative estimate of drug-likeness (QED) is 0.379. The number of aromatic nitrogens is 2. The first-order valence-electron chi connectivity index (χ1n) is 11.5. The lowest BCUT2D eigenvalue weighted by atomic mass is 9.81. The molecule has 2 rings (SSSR count). The van der Waals surface area contributed by atoms with Gasteiger partial charge in [-0.25, -0.2) is 9.59 Å². The minimum absolute atomic E-state index is 0.0526. The largest absolute Gasteiger partial charge is 0.454 e. The average Bonchev–Trinajstić information content (AvgIpc) is 2.79. The molecule has 1 aliphatic rings. The van der Waals surface area contributed by atoms with Crippen LogP contribution in [0.15, 0.2) is 9.59 Å². The molecule has 0 bridgehead atoms. The van der Waals surface area contributed by atoms with Crippen LogP contribution in [0.3, 0.4) is 0 Å². The summed E-state index contributed by atoms with van der Waals surface area (Å²) in [5, 5.41) is 2.69. The molecule has 0 spiro atoms. The number of nitrogens with two attached hydrogens (primary N) is 1. The van der Waals surface area contributed by atoms with E-state index in [1.807, 2.05) is 6.92 Å². The lowest BCUT2D eigenvalue weighted by molar-refractivity contribution is -0.157. The summed E-state index contributed by atoms with van der Waals surface area (Å²) < 4.78 is 11.6. The first-order chi connectivity index (χ1) is 16.2. The highest BCUT2D eigenvalue weighted by Crippen LogP contribution is 2.29. The van der Waals surface area contributed by atoms with Gasteiger partial charge in [-0.15, -0.1) is 0 Å². The Hall–Kier alpha value is -3.15. The van der Waals surface area contributed by atoms with Gasteiger partial charge < -0.3 is 20.5 Å². The third-order valence-electron chi connectivity index (χ3n) is 5.88. The van der Waals surface area contributed by atoms with Crippen LogP contribution in [0.2, 0.25) is 0 Å². The van der Waals surface area contributed by atoms with Crippen LogP contribution in [-0.2, 0) is 30.4 Å². The van der Waals surface area contributed by atoms with E-state index in [0.717, 1.165) is 30.6 Å². The predicted molar refractivity (Wildman–Crippen MR) is 125 cm³/mol. The molecule has 0 saturated heterocycles. The number of amides is 2. The fourth-order valence-electron chi connectivity index (χ4n) is 4.14. The van der Waals surface area contributed by atoms with E-state index in [1.165, 1.54) is 18.6 Å². The van der Waals surface area contributed by atoms with Gasteiger partial charge in [0.1, 0.15) is 11.4 Å². The van der Waals surface area contributed by atoms with Crippen molar-refractivity contribution in [1.29, 1.82) is 0 Å². The molecule has 34 heavy (non-hydrogen) atoms. The highest BCUT2D eigenvalue weighted by Gasteiger charge is 2.42. The minimum atomic E-state index is -1.17. The Labute approximate surface area is 197 Å². The number of ether oxygens (including phenoxy) is 2. The van der Waals surface area contributed by atoms with Gasteiger partial charge in [0.05, 0.1) is 6.61 Å². The zero-order valence-electron chi connectivity index (χ0n) is 20.1. The lowest BCUT2D eigenvalue weighted by Crippen LogP contribution is -2.56. The molecule has 0 aromatic carbocycles. The number of esters is 1. The summed E-state index contributed by atoms with van der Waals surface area (Å²) in [4.78, 5) is 65.8. The van der Waals surface area contributed by atoms with Crippen LogP contribution in [0.4, 0.5) is 11.5 Å². The zero-order valence-corrected chi connectivity index (χ0v) is 20.1. The molecular formula is C22H35N5O7. The van der Waals surface area contributed by atoms with Gasteiger partial charge in [-0.3, -0.25) is 28.8 Å². The van der Waals surface area contributed by atoms with Gasteiger partial charge in [-0.2, -0.15) is 0 Å². The Morgan fingerprint density at radius 2 is 1.88 bits per heavy atom. The number of rotatable bonds is 11.